The predicted molar refractivity (Wildman–Crippen MR) is 87.0 cm³/mol. The number of piperidine rings is 1. The zero-order chi connectivity index (χ0) is 15.1. The lowest BCUT2D eigenvalue weighted by Gasteiger charge is -2.31. The minimum Gasteiger partial charge on any atom is -0.326 e. The molecule has 1 aromatic carbocycles. The zero-order valence-corrected chi connectivity index (χ0v) is 13.0. The average molecular weight is 289 g/mol. The molecule has 0 saturated carbocycles. The number of amides is 1. The van der Waals surface area contributed by atoms with Gasteiger partial charge in [-0.3, -0.25) is 9.69 Å². The molecule has 116 valence electrons. The van der Waals surface area contributed by atoms with Crippen molar-refractivity contribution in [2.45, 2.75) is 39.2 Å². The largest absolute Gasteiger partial charge is 0.326 e. The summed E-state index contributed by atoms with van der Waals surface area (Å²) in [7, 11) is 0. The van der Waals surface area contributed by atoms with E-state index in [4.69, 9.17) is 5.73 Å². The number of likely N-dealkylation sites (tertiary alicyclic amines) is 1. The van der Waals surface area contributed by atoms with E-state index in [0.29, 0.717) is 13.1 Å². The molecule has 1 heterocycles. The van der Waals surface area contributed by atoms with Gasteiger partial charge in [-0.15, -0.1) is 0 Å². The second-order valence-corrected chi connectivity index (χ2v) is 5.96. The van der Waals surface area contributed by atoms with E-state index in [-0.39, 0.29) is 5.91 Å². The fourth-order valence-corrected chi connectivity index (χ4v) is 3.02. The Balaban J connectivity index is 1.77. The molecule has 4 heteroatoms. The van der Waals surface area contributed by atoms with Crippen molar-refractivity contribution in [1.29, 1.82) is 0 Å². The summed E-state index contributed by atoms with van der Waals surface area (Å²) in [6.07, 6.45) is 5.04. The van der Waals surface area contributed by atoms with Crippen molar-refractivity contribution < 1.29 is 4.79 Å². The van der Waals surface area contributed by atoms with Crippen LogP contribution in [0.15, 0.2) is 24.3 Å². The van der Waals surface area contributed by atoms with Crippen LogP contribution in [0, 0.1) is 5.92 Å². The van der Waals surface area contributed by atoms with Crippen molar-refractivity contribution in [2.24, 2.45) is 11.7 Å². The molecule has 4 nitrogen and oxygen atoms in total. The van der Waals surface area contributed by atoms with Crippen molar-refractivity contribution in [3.8, 4) is 0 Å². The molecule has 1 amide bonds. The SMILES string of the molecule is CCCC1CCN(CC(=O)Nc2cccc(CN)c2)CC1. The molecule has 1 aliphatic rings. The minimum atomic E-state index is 0.0677. The number of carbonyl (C=O) groups is 1. The maximum Gasteiger partial charge on any atom is 0.238 e. The highest BCUT2D eigenvalue weighted by Crippen LogP contribution is 2.21. The van der Waals surface area contributed by atoms with E-state index in [9.17, 15) is 4.79 Å². The lowest BCUT2D eigenvalue weighted by atomic mass is 9.92. The second kappa shape index (κ2) is 8.15. The maximum atomic E-state index is 12.1. The Labute approximate surface area is 127 Å². The van der Waals surface area contributed by atoms with Gasteiger partial charge in [-0.05, 0) is 49.5 Å². The summed E-state index contributed by atoms with van der Waals surface area (Å²) < 4.78 is 0. The Hall–Kier alpha value is -1.39. The third-order valence-corrected chi connectivity index (χ3v) is 4.22. The number of nitrogens with zero attached hydrogens (tertiary/aromatic N) is 1. The highest BCUT2D eigenvalue weighted by atomic mass is 16.2. The Kier molecular flexibility index (Phi) is 6.21. The Morgan fingerprint density at radius 2 is 2.14 bits per heavy atom. The number of hydrogen-bond acceptors (Lipinski definition) is 3. The Morgan fingerprint density at radius 1 is 1.38 bits per heavy atom. The molecule has 0 aliphatic carbocycles. The van der Waals surface area contributed by atoms with Crippen LogP contribution in [0.2, 0.25) is 0 Å². The summed E-state index contributed by atoms with van der Waals surface area (Å²) in [6, 6.07) is 7.73. The highest BCUT2D eigenvalue weighted by Gasteiger charge is 2.20. The molecule has 1 aromatic rings. The number of hydrogen-bond donors (Lipinski definition) is 2. The van der Waals surface area contributed by atoms with Gasteiger partial charge in [0.05, 0.1) is 6.54 Å². The molecule has 0 atom stereocenters. The first kappa shape index (κ1) is 16.0. The molecule has 1 aliphatic heterocycles. The summed E-state index contributed by atoms with van der Waals surface area (Å²) in [5.41, 5.74) is 7.49. The van der Waals surface area contributed by atoms with Gasteiger partial charge in [0.15, 0.2) is 0 Å². The molecule has 0 spiro atoms. The molecule has 0 aromatic heterocycles. The molecule has 0 unspecified atom stereocenters. The third kappa shape index (κ3) is 5.14. The Morgan fingerprint density at radius 3 is 2.81 bits per heavy atom. The van der Waals surface area contributed by atoms with Gasteiger partial charge in [-0.1, -0.05) is 31.9 Å². The topological polar surface area (TPSA) is 58.4 Å². The van der Waals surface area contributed by atoms with Gasteiger partial charge in [0.1, 0.15) is 0 Å². The number of rotatable bonds is 6. The summed E-state index contributed by atoms with van der Waals surface area (Å²) in [4.78, 5) is 14.4. The lowest BCUT2D eigenvalue weighted by Crippen LogP contribution is -2.39. The number of benzene rings is 1. The zero-order valence-electron chi connectivity index (χ0n) is 13.0. The number of carbonyl (C=O) groups excluding carboxylic acids is 1. The van der Waals surface area contributed by atoms with Crippen molar-refractivity contribution >= 4 is 11.6 Å². The summed E-state index contributed by atoms with van der Waals surface area (Å²) in [6.45, 7) is 5.32. The first-order valence-corrected chi connectivity index (χ1v) is 8.02. The van der Waals surface area contributed by atoms with Gasteiger partial charge in [-0.25, -0.2) is 0 Å². The monoisotopic (exact) mass is 289 g/mol. The van der Waals surface area contributed by atoms with Crippen molar-refractivity contribution in [1.82, 2.24) is 4.90 Å². The molecule has 0 radical (unpaired) electrons. The van der Waals surface area contributed by atoms with E-state index in [1.807, 2.05) is 24.3 Å². The summed E-state index contributed by atoms with van der Waals surface area (Å²) >= 11 is 0. The summed E-state index contributed by atoms with van der Waals surface area (Å²) in [5.74, 6) is 0.925. The third-order valence-electron chi connectivity index (χ3n) is 4.22. The van der Waals surface area contributed by atoms with Gasteiger partial charge >= 0.3 is 0 Å². The lowest BCUT2D eigenvalue weighted by molar-refractivity contribution is -0.117. The minimum absolute atomic E-state index is 0.0677. The average Bonchev–Trinajstić information content (AvgIpc) is 2.49. The van der Waals surface area contributed by atoms with Crippen LogP contribution in [0.5, 0.6) is 0 Å². The number of nitrogens with one attached hydrogen (secondary N) is 1. The van der Waals surface area contributed by atoms with E-state index >= 15 is 0 Å². The fraction of sp³-hybridized carbons (Fsp3) is 0.588. The molecule has 0 bridgehead atoms. The van der Waals surface area contributed by atoms with Gasteiger partial charge in [0.2, 0.25) is 5.91 Å². The molecule has 2 rings (SSSR count). The summed E-state index contributed by atoms with van der Waals surface area (Å²) in [5, 5.41) is 2.96. The van der Waals surface area contributed by atoms with Crippen LogP contribution in [0.3, 0.4) is 0 Å². The molecular weight excluding hydrogens is 262 g/mol. The molecule has 1 fully saturated rings. The molecular formula is C17H27N3O. The van der Waals surface area contributed by atoms with Crippen molar-refractivity contribution in [3.63, 3.8) is 0 Å². The van der Waals surface area contributed by atoms with Crippen molar-refractivity contribution in [2.75, 3.05) is 25.0 Å². The van der Waals surface area contributed by atoms with Gasteiger partial charge in [-0.2, -0.15) is 0 Å². The van der Waals surface area contributed by atoms with E-state index in [1.165, 1.54) is 25.7 Å². The molecule has 3 N–H and O–H groups in total. The number of nitrogens with two attached hydrogens (primary N) is 1. The van der Waals surface area contributed by atoms with Crippen LogP contribution in [-0.2, 0) is 11.3 Å². The predicted octanol–water partition coefficient (Wildman–Crippen LogP) is 2.60. The van der Waals surface area contributed by atoms with Gasteiger partial charge in [0.25, 0.3) is 0 Å². The van der Waals surface area contributed by atoms with Crippen molar-refractivity contribution in [3.05, 3.63) is 29.8 Å². The molecule has 21 heavy (non-hydrogen) atoms. The van der Waals surface area contributed by atoms with Gasteiger partial charge < -0.3 is 11.1 Å². The van der Waals surface area contributed by atoms with Crippen LogP contribution in [-0.4, -0.2) is 30.4 Å². The van der Waals surface area contributed by atoms with Crippen LogP contribution in [0.25, 0.3) is 0 Å². The van der Waals surface area contributed by atoms with Gasteiger partial charge in [0, 0.05) is 12.2 Å². The van der Waals surface area contributed by atoms with Crippen LogP contribution < -0.4 is 11.1 Å². The quantitative estimate of drug-likeness (QED) is 0.846. The normalized spacial score (nSPS) is 16.9. The van der Waals surface area contributed by atoms with E-state index in [1.54, 1.807) is 0 Å². The van der Waals surface area contributed by atoms with E-state index < -0.39 is 0 Å². The first-order valence-electron chi connectivity index (χ1n) is 8.02. The highest BCUT2D eigenvalue weighted by molar-refractivity contribution is 5.92. The smallest absolute Gasteiger partial charge is 0.238 e. The Bertz CT molecular complexity index is 453. The van der Waals surface area contributed by atoms with Crippen LogP contribution >= 0.6 is 0 Å². The van der Waals surface area contributed by atoms with E-state index in [2.05, 4.69) is 17.1 Å². The van der Waals surface area contributed by atoms with Crippen LogP contribution in [0.4, 0.5) is 5.69 Å². The molecule has 1 saturated heterocycles. The van der Waals surface area contributed by atoms with E-state index in [0.717, 1.165) is 30.3 Å². The van der Waals surface area contributed by atoms with Crippen LogP contribution in [0.1, 0.15) is 38.2 Å². The number of anilines is 1. The standard InChI is InChI=1S/C17H27N3O/c1-2-4-14-7-9-20(10-8-14)13-17(21)19-16-6-3-5-15(11-16)12-18/h3,5-6,11,14H,2,4,7-10,12-13,18H2,1H3,(H,19,21). The second-order valence-electron chi connectivity index (χ2n) is 5.96. The first-order chi connectivity index (χ1) is 10.2. The fourth-order valence-electron chi connectivity index (χ4n) is 3.02. The maximum absolute atomic E-state index is 12.1.